The molecule has 2 rings (SSSR count). The molecule has 0 unspecified atom stereocenters. The number of nitrogen functional groups attached to an aromatic ring is 1. The van der Waals surface area contributed by atoms with E-state index in [0.717, 1.165) is 5.56 Å². The molecule has 0 spiro atoms. The number of rotatable bonds is 5. The monoisotopic (exact) mass is 318 g/mol. The Kier molecular flexibility index (Phi) is 4.63. The van der Waals surface area contributed by atoms with Crippen molar-refractivity contribution in [1.29, 1.82) is 0 Å². The minimum atomic E-state index is -0.523. The van der Waals surface area contributed by atoms with Crippen LogP contribution in [0.15, 0.2) is 18.3 Å². The topological polar surface area (TPSA) is 113 Å². The third-order valence-corrected chi connectivity index (χ3v) is 3.25. The van der Waals surface area contributed by atoms with E-state index in [9.17, 15) is 10.1 Å². The number of nitro groups is 1. The second-order valence-corrected chi connectivity index (χ2v) is 5.24. The van der Waals surface area contributed by atoms with Crippen LogP contribution in [0.1, 0.15) is 31.2 Å². The molecule has 0 aliphatic carbocycles. The predicted octanol–water partition coefficient (Wildman–Crippen LogP) is 3.20. The first-order chi connectivity index (χ1) is 10.8. The van der Waals surface area contributed by atoms with Crippen LogP contribution in [0.5, 0.6) is 17.2 Å². The van der Waals surface area contributed by atoms with Crippen molar-refractivity contribution in [3.05, 3.63) is 39.8 Å². The van der Waals surface area contributed by atoms with Crippen molar-refractivity contribution in [1.82, 2.24) is 9.97 Å². The van der Waals surface area contributed by atoms with Crippen molar-refractivity contribution in [3.63, 3.8) is 0 Å². The van der Waals surface area contributed by atoms with E-state index in [1.807, 2.05) is 13.8 Å². The Morgan fingerprint density at radius 3 is 2.48 bits per heavy atom. The minimum Gasteiger partial charge on any atom is -0.490 e. The Balaban J connectivity index is 2.55. The zero-order valence-electron chi connectivity index (χ0n) is 13.4. The number of hydrogen-bond donors (Lipinski definition) is 1. The number of hydrogen-bond acceptors (Lipinski definition) is 7. The average Bonchev–Trinajstić information content (AvgIpc) is 2.49. The Morgan fingerprint density at radius 1 is 1.26 bits per heavy atom. The van der Waals surface area contributed by atoms with E-state index in [4.69, 9.17) is 15.2 Å². The molecule has 1 aromatic heterocycles. The average molecular weight is 318 g/mol. The molecule has 0 aliphatic rings. The normalized spacial score (nSPS) is 10.7. The fourth-order valence-corrected chi connectivity index (χ4v) is 2.08. The van der Waals surface area contributed by atoms with Gasteiger partial charge in [0.1, 0.15) is 11.6 Å². The predicted molar refractivity (Wildman–Crippen MR) is 85.0 cm³/mol. The Morgan fingerprint density at radius 2 is 1.96 bits per heavy atom. The quantitative estimate of drug-likeness (QED) is 0.665. The first-order valence-corrected chi connectivity index (χ1v) is 6.96. The van der Waals surface area contributed by atoms with Crippen molar-refractivity contribution < 1.29 is 14.4 Å². The molecule has 0 saturated heterocycles. The van der Waals surface area contributed by atoms with Gasteiger partial charge in [0.05, 0.1) is 24.3 Å². The molecule has 0 atom stereocenters. The summed E-state index contributed by atoms with van der Waals surface area (Å²) in [6.45, 7) is 5.60. The van der Waals surface area contributed by atoms with Gasteiger partial charge in [-0.1, -0.05) is 13.8 Å². The van der Waals surface area contributed by atoms with Gasteiger partial charge in [0.2, 0.25) is 0 Å². The fourth-order valence-electron chi connectivity index (χ4n) is 2.08. The molecule has 0 aliphatic heterocycles. The number of aryl methyl sites for hydroxylation is 1. The number of methoxy groups -OCH3 is 1. The van der Waals surface area contributed by atoms with Crippen molar-refractivity contribution in [2.45, 2.75) is 26.7 Å². The van der Waals surface area contributed by atoms with Gasteiger partial charge in [0.15, 0.2) is 17.3 Å². The van der Waals surface area contributed by atoms with Crippen LogP contribution in [0, 0.1) is 17.0 Å². The molecule has 23 heavy (non-hydrogen) atoms. The van der Waals surface area contributed by atoms with Gasteiger partial charge in [-0.3, -0.25) is 10.1 Å². The molecular weight excluding hydrogens is 300 g/mol. The van der Waals surface area contributed by atoms with E-state index in [-0.39, 0.29) is 28.9 Å². The summed E-state index contributed by atoms with van der Waals surface area (Å²) in [5, 5.41) is 11.2. The van der Waals surface area contributed by atoms with Crippen molar-refractivity contribution in [2.24, 2.45) is 0 Å². The van der Waals surface area contributed by atoms with Crippen molar-refractivity contribution >= 4 is 11.5 Å². The summed E-state index contributed by atoms with van der Waals surface area (Å²) in [4.78, 5) is 18.7. The number of ether oxygens (including phenoxy) is 2. The third-order valence-electron chi connectivity index (χ3n) is 3.25. The lowest BCUT2D eigenvalue weighted by atomic mass is 10.0. The Labute approximate surface area is 133 Å². The smallest absolute Gasteiger partial charge is 0.314 e. The number of nitrogens with two attached hydrogens (primary N) is 1. The molecule has 122 valence electrons. The van der Waals surface area contributed by atoms with E-state index < -0.39 is 4.92 Å². The summed E-state index contributed by atoms with van der Waals surface area (Å²) in [6.07, 6.45) is 1.44. The molecule has 2 aromatic rings. The zero-order chi connectivity index (χ0) is 17.1. The van der Waals surface area contributed by atoms with E-state index in [1.54, 1.807) is 13.0 Å². The SMILES string of the molecule is COc1cc(C(C)C)c(Oc2cnc(C)nc2N)cc1[N+](=O)[O-]. The first-order valence-electron chi connectivity index (χ1n) is 6.96. The van der Waals surface area contributed by atoms with Crippen LogP contribution < -0.4 is 15.2 Å². The molecule has 8 nitrogen and oxygen atoms in total. The van der Waals surface area contributed by atoms with E-state index >= 15 is 0 Å². The number of nitro benzene ring substituents is 1. The summed E-state index contributed by atoms with van der Waals surface area (Å²) >= 11 is 0. The third kappa shape index (κ3) is 3.47. The number of aromatic nitrogens is 2. The number of nitrogens with zero attached hydrogens (tertiary/aromatic N) is 3. The van der Waals surface area contributed by atoms with Gasteiger partial charge in [-0.15, -0.1) is 0 Å². The van der Waals surface area contributed by atoms with Crippen LogP contribution in [0.3, 0.4) is 0 Å². The summed E-state index contributed by atoms with van der Waals surface area (Å²) in [7, 11) is 1.39. The van der Waals surface area contributed by atoms with E-state index in [2.05, 4.69) is 9.97 Å². The van der Waals surface area contributed by atoms with E-state index in [1.165, 1.54) is 19.4 Å². The zero-order valence-corrected chi connectivity index (χ0v) is 13.4. The van der Waals surface area contributed by atoms with Crippen LogP contribution in [0.4, 0.5) is 11.5 Å². The summed E-state index contributed by atoms with van der Waals surface area (Å²) in [5.74, 6) is 1.50. The summed E-state index contributed by atoms with van der Waals surface area (Å²) in [6, 6.07) is 2.93. The largest absolute Gasteiger partial charge is 0.490 e. The highest BCUT2D eigenvalue weighted by atomic mass is 16.6. The maximum absolute atomic E-state index is 11.2. The van der Waals surface area contributed by atoms with Gasteiger partial charge in [-0.05, 0) is 18.9 Å². The molecule has 1 heterocycles. The van der Waals surface area contributed by atoms with Crippen molar-refractivity contribution in [3.8, 4) is 17.2 Å². The molecular formula is C15H18N4O4. The highest BCUT2D eigenvalue weighted by Gasteiger charge is 2.22. The van der Waals surface area contributed by atoms with Gasteiger partial charge in [-0.2, -0.15) is 0 Å². The minimum absolute atomic E-state index is 0.0623. The van der Waals surface area contributed by atoms with Crippen LogP contribution >= 0.6 is 0 Å². The first kappa shape index (κ1) is 16.5. The highest BCUT2D eigenvalue weighted by Crippen LogP contribution is 2.40. The molecule has 0 fully saturated rings. The molecule has 0 bridgehead atoms. The highest BCUT2D eigenvalue weighted by molar-refractivity contribution is 5.58. The van der Waals surface area contributed by atoms with E-state index in [0.29, 0.717) is 11.6 Å². The summed E-state index contributed by atoms with van der Waals surface area (Å²) < 4.78 is 10.8. The second-order valence-electron chi connectivity index (χ2n) is 5.24. The standard InChI is InChI=1S/C15H18N4O4/c1-8(2)10-5-13(22-4)11(19(20)21)6-12(10)23-14-7-17-9(3)18-15(14)16/h5-8H,1-4H3,(H2,16,17,18). The summed E-state index contributed by atoms with van der Waals surface area (Å²) in [5.41, 5.74) is 6.39. The molecule has 0 amide bonds. The van der Waals surface area contributed by atoms with Gasteiger partial charge in [0, 0.05) is 5.56 Å². The lowest BCUT2D eigenvalue weighted by Crippen LogP contribution is -2.03. The van der Waals surface area contributed by atoms with Gasteiger partial charge in [0.25, 0.3) is 0 Å². The fraction of sp³-hybridized carbons (Fsp3) is 0.333. The number of benzene rings is 1. The van der Waals surface area contributed by atoms with Crippen LogP contribution in [-0.4, -0.2) is 22.0 Å². The Bertz CT molecular complexity index is 746. The van der Waals surface area contributed by atoms with Crippen LogP contribution in [0.25, 0.3) is 0 Å². The molecule has 8 heteroatoms. The molecule has 0 radical (unpaired) electrons. The van der Waals surface area contributed by atoms with Crippen molar-refractivity contribution in [2.75, 3.05) is 12.8 Å². The van der Waals surface area contributed by atoms with Gasteiger partial charge >= 0.3 is 5.69 Å². The maximum atomic E-state index is 11.2. The molecule has 0 saturated carbocycles. The number of anilines is 1. The molecule has 2 N–H and O–H groups in total. The maximum Gasteiger partial charge on any atom is 0.314 e. The molecule has 1 aromatic carbocycles. The van der Waals surface area contributed by atoms with Gasteiger partial charge < -0.3 is 15.2 Å². The lowest BCUT2D eigenvalue weighted by Gasteiger charge is -2.16. The second kappa shape index (κ2) is 6.47. The van der Waals surface area contributed by atoms with Gasteiger partial charge in [-0.25, -0.2) is 9.97 Å². The van der Waals surface area contributed by atoms with Crippen LogP contribution in [0.2, 0.25) is 0 Å². The lowest BCUT2D eigenvalue weighted by molar-refractivity contribution is -0.385. The van der Waals surface area contributed by atoms with Crippen LogP contribution in [-0.2, 0) is 0 Å². The Hall–Kier alpha value is -2.90.